The lowest BCUT2D eigenvalue weighted by Gasteiger charge is -2.09. The van der Waals surface area contributed by atoms with Gasteiger partial charge >= 0.3 is 5.97 Å². The molecule has 3 rings (SSSR count). The molecule has 3 aromatic rings. The Morgan fingerprint density at radius 3 is 2.75 bits per heavy atom. The maximum absolute atomic E-state index is 12.0. The van der Waals surface area contributed by atoms with Crippen molar-refractivity contribution in [1.29, 1.82) is 0 Å². The van der Waals surface area contributed by atoms with E-state index < -0.39 is 11.9 Å². The molecule has 0 bridgehead atoms. The highest BCUT2D eigenvalue weighted by Gasteiger charge is 2.09. The van der Waals surface area contributed by atoms with Crippen LogP contribution in [0.2, 0.25) is 0 Å². The lowest BCUT2D eigenvalue weighted by molar-refractivity contribution is -0.142. The third-order valence-electron chi connectivity index (χ3n) is 4.15. The number of amides is 1. The molecule has 0 atom stereocenters. The summed E-state index contributed by atoms with van der Waals surface area (Å²) in [6, 6.07) is 14.8. The van der Waals surface area contributed by atoms with E-state index in [9.17, 15) is 9.59 Å². The number of aryl methyl sites for hydroxylation is 1. The molecule has 1 heterocycles. The molecule has 0 fully saturated rings. The summed E-state index contributed by atoms with van der Waals surface area (Å²) in [5.74, 6) is 0.0732. The largest absolute Gasteiger partial charge is 0.493 e. The van der Waals surface area contributed by atoms with Crippen LogP contribution in [0.1, 0.15) is 18.2 Å². The van der Waals surface area contributed by atoms with Crippen LogP contribution in [-0.4, -0.2) is 25.6 Å². The van der Waals surface area contributed by atoms with Gasteiger partial charge in [-0.1, -0.05) is 37.3 Å². The number of carbonyl (C=O) groups is 2. The van der Waals surface area contributed by atoms with Gasteiger partial charge in [0.05, 0.1) is 7.11 Å². The van der Waals surface area contributed by atoms with Crippen molar-refractivity contribution in [2.24, 2.45) is 0 Å². The first kappa shape index (κ1) is 19.2. The molecule has 1 aromatic heterocycles. The lowest BCUT2D eigenvalue weighted by atomic mass is 10.1. The van der Waals surface area contributed by atoms with Crippen LogP contribution >= 0.6 is 0 Å². The molecule has 6 heteroatoms. The second-order valence-electron chi connectivity index (χ2n) is 6.03. The molecule has 0 aliphatic carbocycles. The van der Waals surface area contributed by atoms with Gasteiger partial charge in [0.2, 0.25) is 0 Å². The third-order valence-corrected chi connectivity index (χ3v) is 4.15. The van der Waals surface area contributed by atoms with E-state index in [0.29, 0.717) is 17.1 Å². The second-order valence-corrected chi connectivity index (χ2v) is 6.03. The maximum Gasteiger partial charge on any atom is 0.331 e. The average molecular weight is 379 g/mol. The summed E-state index contributed by atoms with van der Waals surface area (Å²) in [4.78, 5) is 23.9. The number of methoxy groups -OCH3 is 1. The number of para-hydroxylation sites is 2. The number of carbonyl (C=O) groups excluding carboxylic acids is 2. The summed E-state index contributed by atoms with van der Waals surface area (Å²) in [7, 11) is 1.56. The van der Waals surface area contributed by atoms with Gasteiger partial charge in [-0.3, -0.25) is 4.79 Å². The van der Waals surface area contributed by atoms with Gasteiger partial charge in [-0.2, -0.15) is 0 Å². The number of fused-ring (bicyclic) bond motifs is 1. The minimum atomic E-state index is -0.633. The number of rotatable bonds is 7. The highest BCUT2D eigenvalue weighted by atomic mass is 16.5. The molecule has 0 aliphatic heterocycles. The van der Waals surface area contributed by atoms with Crippen molar-refractivity contribution in [3.63, 3.8) is 0 Å². The van der Waals surface area contributed by atoms with Crippen LogP contribution in [-0.2, 0) is 20.7 Å². The van der Waals surface area contributed by atoms with Gasteiger partial charge in [-0.25, -0.2) is 4.79 Å². The number of furan rings is 1. The Kier molecular flexibility index (Phi) is 6.11. The highest BCUT2D eigenvalue weighted by Crippen LogP contribution is 2.28. The smallest absolute Gasteiger partial charge is 0.331 e. The number of benzene rings is 2. The Morgan fingerprint density at radius 2 is 1.96 bits per heavy atom. The average Bonchev–Trinajstić information content (AvgIpc) is 3.14. The normalized spacial score (nSPS) is 10.9. The first-order chi connectivity index (χ1) is 13.6. The summed E-state index contributed by atoms with van der Waals surface area (Å²) in [5, 5.41) is 3.61. The number of nitrogens with one attached hydrogen (secondary N) is 1. The zero-order valence-corrected chi connectivity index (χ0v) is 15.7. The molecule has 1 amide bonds. The van der Waals surface area contributed by atoms with Crippen molar-refractivity contribution >= 4 is 34.6 Å². The molecule has 0 spiro atoms. The number of anilines is 1. The highest BCUT2D eigenvalue weighted by molar-refractivity contribution is 5.95. The lowest BCUT2D eigenvalue weighted by Crippen LogP contribution is -2.20. The molecule has 0 saturated carbocycles. The number of hydrogen-bond donors (Lipinski definition) is 1. The summed E-state index contributed by atoms with van der Waals surface area (Å²) in [5.41, 5.74) is 2.34. The number of hydrogen-bond acceptors (Lipinski definition) is 5. The van der Waals surface area contributed by atoms with Crippen molar-refractivity contribution in [2.45, 2.75) is 13.3 Å². The maximum atomic E-state index is 12.0. The molecule has 144 valence electrons. The van der Waals surface area contributed by atoms with E-state index in [1.807, 2.05) is 43.3 Å². The molecule has 0 saturated heterocycles. The van der Waals surface area contributed by atoms with Gasteiger partial charge in [-0.15, -0.1) is 0 Å². The van der Waals surface area contributed by atoms with Crippen LogP contribution in [0, 0.1) is 0 Å². The summed E-state index contributed by atoms with van der Waals surface area (Å²) in [6.45, 7) is 1.64. The predicted octanol–water partition coefficient (Wildman–Crippen LogP) is 4.20. The van der Waals surface area contributed by atoms with Gasteiger partial charge in [0.25, 0.3) is 5.91 Å². The SMILES string of the molecule is CCc1ccccc1NC(=O)COC(=O)/C=C/c1cc2cccc(OC)c2o1. The van der Waals surface area contributed by atoms with E-state index in [2.05, 4.69) is 5.32 Å². The van der Waals surface area contributed by atoms with Crippen LogP contribution in [0.25, 0.3) is 17.0 Å². The van der Waals surface area contributed by atoms with Gasteiger partial charge in [0.1, 0.15) is 5.76 Å². The van der Waals surface area contributed by atoms with E-state index in [1.54, 1.807) is 19.2 Å². The van der Waals surface area contributed by atoms with Crippen LogP contribution in [0.15, 0.2) is 59.0 Å². The fraction of sp³-hybridized carbons (Fsp3) is 0.182. The second kappa shape index (κ2) is 8.90. The third kappa shape index (κ3) is 4.59. The van der Waals surface area contributed by atoms with Crippen LogP contribution in [0.4, 0.5) is 5.69 Å². The van der Waals surface area contributed by atoms with Gasteiger partial charge < -0.3 is 19.2 Å². The fourth-order valence-electron chi connectivity index (χ4n) is 2.77. The van der Waals surface area contributed by atoms with Crippen LogP contribution in [0.3, 0.4) is 0 Å². The fourth-order valence-corrected chi connectivity index (χ4v) is 2.77. The Bertz CT molecular complexity index is 1020. The summed E-state index contributed by atoms with van der Waals surface area (Å²) >= 11 is 0. The Hall–Kier alpha value is -3.54. The Morgan fingerprint density at radius 1 is 1.14 bits per heavy atom. The van der Waals surface area contributed by atoms with Crippen molar-refractivity contribution in [2.75, 3.05) is 19.0 Å². The first-order valence-corrected chi connectivity index (χ1v) is 8.90. The number of ether oxygens (including phenoxy) is 2. The quantitative estimate of drug-likeness (QED) is 0.492. The monoisotopic (exact) mass is 379 g/mol. The van der Waals surface area contributed by atoms with Gasteiger partial charge in [-0.05, 0) is 36.3 Å². The Labute approximate surface area is 162 Å². The first-order valence-electron chi connectivity index (χ1n) is 8.90. The molecular formula is C22H21NO5. The molecular weight excluding hydrogens is 358 g/mol. The van der Waals surface area contributed by atoms with E-state index >= 15 is 0 Å². The van der Waals surface area contributed by atoms with Crippen LogP contribution in [0.5, 0.6) is 5.75 Å². The topological polar surface area (TPSA) is 77.8 Å². The van der Waals surface area contributed by atoms with E-state index in [1.165, 1.54) is 12.2 Å². The molecule has 0 unspecified atom stereocenters. The summed E-state index contributed by atoms with van der Waals surface area (Å²) < 4.78 is 15.9. The minimum absolute atomic E-state index is 0.366. The Balaban J connectivity index is 1.56. The van der Waals surface area contributed by atoms with E-state index in [0.717, 1.165) is 23.1 Å². The molecule has 0 radical (unpaired) electrons. The van der Waals surface area contributed by atoms with E-state index in [4.69, 9.17) is 13.9 Å². The summed E-state index contributed by atoms with van der Waals surface area (Å²) in [6.07, 6.45) is 3.50. The molecule has 6 nitrogen and oxygen atoms in total. The predicted molar refractivity (Wildman–Crippen MR) is 107 cm³/mol. The molecule has 2 aromatic carbocycles. The van der Waals surface area contributed by atoms with Crippen molar-refractivity contribution in [1.82, 2.24) is 0 Å². The standard InChI is InChI=1S/C22H21NO5/c1-3-15-7-4-5-9-18(15)23-20(24)14-27-21(25)12-11-17-13-16-8-6-10-19(26-2)22(16)28-17/h4-13H,3,14H2,1-2H3,(H,23,24)/b12-11+. The van der Waals surface area contributed by atoms with Crippen molar-refractivity contribution in [3.8, 4) is 5.75 Å². The van der Waals surface area contributed by atoms with Crippen LogP contribution < -0.4 is 10.1 Å². The zero-order valence-electron chi connectivity index (χ0n) is 15.7. The molecule has 1 N–H and O–H groups in total. The van der Waals surface area contributed by atoms with Gasteiger partial charge in [0.15, 0.2) is 17.9 Å². The number of esters is 1. The molecule has 28 heavy (non-hydrogen) atoms. The van der Waals surface area contributed by atoms with Crippen molar-refractivity contribution < 1.29 is 23.5 Å². The minimum Gasteiger partial charge on any atom is -0.493 e. The zero-order chi connectivity index (χ0) is 19.9. The van der Waals surface area contributed by atoms with Gasteiger partial charge in [0, 0.05) is 17.1 Å². The molecule has 0 aliphatic rings. The van der Waals surface area contributed by atoms with Crippen molar-refractivity contribution in [3.05, 3.63) is 65.9 Å². The van der Waals surface area contributed by atoms with E-state index in [-0.39, 0.29) is 6.61 Å².